The van der Waals surface area contributed by atoms with E-state index in [2.05, 4.69) is 52.3 Å². The number of ketones is 1. The largest absolute Gasteiger partial charge is 0.476 e. The lowest BCUT2D eigenvalue weighted by molar-refractivity contribution is -0.179. The summed E-state index contributed by atoms with van der Waals surface area (Å²) in [6.07, 6.45) is 7.85. The molecular weight excluding hydrogens is 1450 g/mol. The normalized spacial score (nSPS) is 19.3. The maximum atomic E-state index is 13.9. The number of alkyl halides is 1. The van der Waals surface area contributed by atoms with Gasteiger partial charge in [-0.1, -0.05) is 111 Å². The fraction of sp³-hybridized carbons (Fsp3) is 0.514. The molecular formula is C72H93IN12O14S2. The number of carboxylic acids is 1. The summed E-state index contributed by atoms with van der Waals surface area (Å²) in [5.74, 6) is -3.75. The molecule has 0 saturated heterocycles. The topological polar surface area (TPSA) is 366 Å². The van der Waals surface area contributed by atoms with Gasteiger partial charge in [-0.25, -0.2) is 24.4 Å². The number of hydrogen-bond acceptors (Lipinski definition) is 17. The quantitative estimate of drug-likeness (QED) is 0.00805. The summed E-state index contributed by atoms with van der Waals surface area (Å²) >= 11 is 3.39. The minimum atomic E-state index is -4.50. The number of Topliss-reactive ketones (excluding diaryl/α,β-unsaturated/α-hetero) is 1. The minimum Gasteiger partial charge on any atom is -0.476 e. The van der Waals surface area contributed by atoms with Crippen LogP contribution in [-0.2, 0) is 64.9 Å². The molecule has 0 spiro atoms. The zero-order valence-corrected chi connectivity index (χ0v) is 61.9. The number of para-hydroxylation sites is 1. The second kappa shape index (κ2) is 34.2. The van der Waals surface area contributed by atoms with Gasteiger partial charge < -0.3 is 51.4 Å². The lowest BCUT2D eigenvalue weighted by Crippen LogP contribution is -2.55. The number of anilines is 3. The molecule has 2 saturated carbocycles. The van der Waals surface area contributed by atoms with Crippen molar-refractivity contribution in [3.8, 4) is 11.1 Å². The summed E-state index contributed by atoms with van der Waals surface area (Å²) in [5.41, 5.74) is 9.84. The number of hydrogen-bond donors (Lipinski definition) is 8. The van der Waals surface area contributed by atoms with Crippen molar-refractivity contribution in [2.45, 2.75) is 156 Å². The van der Waals surface area contributed by atoms with E-state index < -0.39 is 57.4 Å². The third kappa shape index (κ3) is 21.2. The number of pyridine rings is 1. The van der Waals surface area contributed by atoms with Gasteiger partial charge in [-0.2, -0.15) is 13.5 Å². The van der Waals surface area contributed by atoms with Crippen molar-refractivity contribution in [1.29, 1.82) is 0 Å². The number of aromatic carboxylic acids is 1. The molecule has 2 bridgehead atoms. The van der Waals surface area contributed by atoms with E-state index in [4.69, 9.17) is 25.3 Å². The Morgan fingerprint density at radius 3 is 2.35 bits per heavy atom. The highest BCUT2D eigenvalue weighted by atomic mass is 127. The number of amides is 7. The minimum absolute atomic E-state index is 0.0230. The number of nitrogens with two attached hydrogens (primary N) is 1. The van der Waals surface area contributed by atoms with E-state index in [1.54, 1.807) is 56.4 Å². The van der Waals surface area contributed by atoms with Crippen LogP contribution >= 0.6 is 33.9 Å². The van der Waals surface area contributed by atoms with E-state index in [1.807, 2.05) is 81.6 Å². The number of unbranched alkanes of at least 4 members (excludes halogenated alkanes) is 2. The Morgan fingerprint density at radius 2 is 1.62 bits per heavy atom. The van der Waals surface area contributed by atoms with Crippen LogP contribution in [0.5, 0.6) is 0 Å². The predicted octanol–water partition coefficient (Wildman–Crippen LogP) is 10.5. The van der Waals surface area contributed by atoms with Crippen molar-refractivity contribution in [1.82, 2.24) is 40.6 Å². The molecule has 7 amide bonds. The molecule has 4 unspecified atom stereocenters. The molecule has 6 atom stereocenters. The number of carbonyl (C=O) groups is 8. The fourth-order valence-electron chi connectivity index (χ4n) is 15.2. The first-order chi connectivity index (χ1) is 48.0. The lowest BCUT2D eigenvalue weighted by Gasteiger charge is -2.58. The number of urea groups is 1. The Bertz CT molecular complexity index is 4080. The van der Waals surface area contributed by atoms with Crippen molar-refractivity contribution >= 4 is 118 Å². The smallest absolute Gasteiger partial charge is 0.410 e. The molecule has 0 radical (unpaired) electrons. The molecule has 2 fully saturated rings. The maximum absolute atomic E-state index is 13.9. The summed E-state index contributed by atoms with van der Waals surface area (Å²) in [5, 5.41) is 30.1. The molecule has 9 N–H and O–H groups in total. The van der Waals surface area contributed by atoms with Crippen LogP contribution in [0.4, 0.5) is 26.2 Å². The fourth-order valence-corrected chi connectivity index (χ4v) is 16.8. The average molecular weight is 1540 g/mol. The number of halogens is 1. The van der Waals surface area contributed by atoms with Crippen LogP contribution in [0.1, 0.15) is 155 Å². The first-order valence-corrected chi connectivity index (χ1v) is 38.3. The van der Waals surface area contributed by atoms with Crippen molar-refractivity contribution in [3.05, 3.63) is 119 Å². The summed E-state index contributed by atoms with van der Waals surface area (Å²) < 4.78 is 50.0. The lowest BCUT2D eigenvalue weighted by atomic mass is 9.51. The second-order valence-corrected chi connectivity index (χ2v) is 31.7. The van der Waals surface area contributed by atoms with E-state index in [0.29, 0.717) is 114 Å². The molecule has 544 valence electrons. The first kappa shape index (κ1) is 77.0. The summed E-state index contributed by atoms with van der Waals surface area (Å²) in [6.45, 7) is 13.6. The van der Waals surface area contributed by atoms with Crippen molar-refractivity contribution < 1.29 is 65.9 Å². The van der Waals surface area contributed by atoms with E-state index in [0.717, 1.165) is 52.7 Å². The molecule has 9 rings (SSSR count). The highest BCUT2D eigenvalue weighted by molar-refractivity contribution is 14.1. The average Bonchev–Trinajstić information content (AvgIpc) is 1.29. The number of primary amides is 1. The SMILES string of the molecule is Cc1c(-c2ccc(N3CCc4cccc(C(=O)Nc5nc6ccccc6s5)c4C3)nc2C(=O)O)cnn1CC1(C)CC2(C)CC(C)CC(OCCN(CCS(=O)(=O)O)C(=O)OCc3ccc(NC(=O)[C@H](CCCNC(N)=O)CC(=O)[C@@H](NC(=O)CCCCCNC(=O)CI)C(C)C)cc3)(C2)C1. The number of carboxylic acid groups (broad SMARTS) is 1. The summed E-state index contributed by atoms with van der Waals surface area (Å²) in [4.78, 5) is 117. The van der Waals surface area contributed by atoms with Gasteiger partial charge in [0.05, 0.1) is 44.8 Å². The number of ether oxygens (including phenoxy) is 2. The van der Waals surface area contributed by atoms with Gasteiger partial charge in [0.25, 0.3) is 16.0 Å². The van der Waals surface area contributed by atoms with Gasteiger partial charge >= 0.3 is 18.1 Å². The summed E-state index contributed by atoms with van der Waals surface area (Å²) in [7, 11) is -4.50. The van der Waals surface area contributed by atoms with Crippen LogP contribution in [0.15, 0.2) is 85.1 Å². The molecule has 3 aliphatic rings. The third-order valence-electron chi connectivity index (χ3n) is 19.2. The molecule has 26 nitrogen and oxygen atoms in total. The van der Waals surface area contributed by atoms with Gasteiger partial charge in [0, 0.05) is 92.6 Å². The van der Waals surface area contributed by atoms with Crippen LogP contribution in [0, 0.1) is 35.5 Å². The number of benzene rings is 3. The molecule has 101 heavy (non-hydrogen) atoms. The molecule has 1 aliphatic heterocycles. The molecule has 4 heterocycles. The molecule has 3 aromatic carbocycles. The van der Waals surface area contributed by atoms with Gasteiger partial charge in [-0.15, -0.1) is 0 Å². The Hall–Kier alpha value is -8.13. The molecule has 6 aromatic rings. The number of aromatic nitrogens is 4. The van der Waals surface area contributed by atoms with Crippen molar-refractivity contribution in [2.24, 2.45) is 34.3 Å². The van der Waals surface area contributed by atoms with Crippen LogP contribution < -0.4 is 37.2 Å². The van der Waals surface area contributed by atoms with E-state index in [-0.39, 0.29) is 98.1 Å². The zero-order valence-electron chi connectivity index (χ0n) is 58.1. The second-order valence-electron chi connectivity index (χ2n) is 28.3. The summed E-state index contributed by atoms with van der Waals surface area (Å²) in [6, 6.07) is 21.8. The first-order valence-electron chi connectivity index (χ1n) is 34.4. The molecule has 29 heteroatoms. The van der Waals surface area contributed by atoms with Crippen LogP contribution in [0.3, 0.4) is 0 Å². The van der Waals surface area contributed by atoms with Gasteiger partial charge in [0.1, 0.15) is 12.4 Å². The predicted molar refractivity (Wildman–Crippen MR) is 393 cm³/mol. The Balaban J connectivity index is 0.810. The number of nitrogens with zero attached hydrogens (tertiary/aromatic N) is 6. The number of fused-ring (bicyclic) bond motifs is 4. The van der Waals surface area contributed by atoms with Crippen LogP contribution in [0.25, 0.3) is 21.3 Å². The number of carbonyl (C=O) groups excluding carboxylic acids is 7. The Kier molecular flexibility index (Phi) is 26.1. The van der Waals surface area contributed by atoms with Gasteiger partial charge in [0.2, 0.25) is 17.7 Å². The molecule has 2 aliphatic carbocycles. The number of nitrogens with one attached hydrogen (secondary N) is 5. The van der Waals surface area contributed by atoms with Gasteiger partial charge in [-0.3, -0.25) is 38.5 Å². The highest BCUT2D eigenvalue weighted by Gasteiger charge is 2.56. The highest BCUT2D eigenvalue weighted by Crippen LogP contribution is 2.60. The van der Waals surface area contributed by atoms with Crippen molar-refractivity contribution in [3.63, 3.8) is 0 Å². The van der Waals surface area contributed by atoms with E-state index in [9.17, 15) is 56.4 Å². The standard InChI is InChI=1S/C72H93IN12O14S2/c1-45(2)62(81-60(87)19-8-7-11-27-75-61(88)37-73)57(86)34-50(15-13-28-76-67(74)93)64(89)78-51-22-20-48(21-23-51)40-98-69(94)83(31-33-101(95,96)97)30-32-99-72-36-46(3)35-70(5,42-72)41-71(6,43-72)44-85-47(4)54(38-77-85)52-24-25-59(80-63(52)66(91)92)84-29-26-49-14-12-16-53(55(49)39-84)65(90)82-68-79-56-17-9-10-18-58(56)100-68/h9-10,12,14,16-18,20-25,38,45-46,50,62H,7-8,11,13,15,19,26-37,39-44H2,1-6H3,(H,75,88)(H,78,89)(H,81,87)(H,91,92)(H3,74,76,93)(H,79,82,90)(H,95,96,97)/t46?,50-,62+,70?,71?,72?/m1/s1. The van der Waals surface area contributed by atoms with Crippen LogP contribution in [-0.4, -0.2) is 151 Å². The van der Waals surface area contributed by atoms with Crippen molar-refractivity contribution in [2.75, 3.05) is 65.0 Å². The van der Waals surface area contributed by atoms with E-state index >= 15 is 0 Å². The van der Waals surface area contributed by atoms with Gasteiger partial charge in [-0.05, 0) is 153 Å². The van der Waals surface area contributed by atoms with Gasteiger partial charge in [0.15, 0.2) is 16.6 Å². The number of thiazole rings is 1. The molecule has 3 aromatic heterocycles. The third-order valence-corrected chi connectivity index (χ3v) is 21.6. The maximum Gasteiger partial charge on any atom is 0.410 e. The zero-order chi connectivity index (χ0) is 72.8. The monoisotopic (exact) mass is 1540 g/mol. The Labute approximate surface area is 606 Å². The van der Waals surface area contributed by atoms with Crippen LogP contribution in [0.2, 0.25) is 0 Å². The Morgan fingerprint density at radius 1 is 0.861 bits per heavy atom. The number of rotatable bonds is 34. The van der Waals surface area contributed by atoms with E-state index in [1.165, 1.54) is 16.2 Å².